The number of aliphatic imine (C=N–C) groups is 2. The van der Waals surface area contributed by atoms with Crippen LogP contribution in [0.4, 0.5) is 0 Å². The van der Waals surface area contributed by atoms with Crippen LogP contribution in [-0.4, -0.2) is 23.6 Å². The van der Waals surface area contributed by atoms with Crippen LogP contribution in [0.2, 0.25) is 0 Å². The topological polar surface area (TPSA) is 28.0 Å². The molecule has 0 saturated carbocycles. The Morgan fingerprint density at radius 1 is 0.418 bits per heavy atom. The Labute approximate surface area is 326 Å². The van der Waals surface area contributed by atoms with E-state index in [0.29, 0.717) is 0 Å². The SMILES string of the molecule is CN1C(c2ccc3ccccc3c2)=NC(c2cc(-c3ccc4sc5ccccc5c4c3)cc(-c3ccc4sc5ccccc5c4c3)c2)=NC1c1ccccc1. The largest absolute Gasteiger partial charge is 0.333 e. The molecule has 0 saturated heterocycles. The smallest absolute Gasteiger partial charge is 0.159 e. The van der Waals surface area contributed by atoms with Gasteiger partial charge in [0.25, 0.3) is 0 Å². The molecule has 0 radical (unpaired) electrons. The quantitative estimate of drug-likeness (QED) is 0.173. The second-order valence-corrected chi connectivity index (χ2v) is 16.4. The van der Waals surface area contributed by atoms with Gasteiger partial charge in [-0.15, -0.1) is 22.7 Å². The van der Waals surface area contributed by atoms with E-state index < -0.39 is 0 Å². The molecule has 0 bridgehead atoms. The van der Waals surface area contributed by atoms with E-state index in [0.717, 1.165) is 39.5 Å². The number of hydrogen-bond acceptors (Lipinski definition) is 5. The van der Waals surface area contributed by atoms with E-state index in [2.05, 4.69) is 188 Å². The average Bonchev–Trinajstić information content (AvgIpc) is 3.81. The van der Waals surface area contributed by atoms with Gasteiger partial charge in [-0.1, -0.05) is 115 Å². The van der Waals surface area contributed by atoms with Gasteiger partial charge in [-0.25, -0.2) is 9.98 Å². The first kappa shape index (κ1) is 32.1. The standard InChI is InChI=1S/C50H33N3S2/c1-53-49(32-12-3-2-4-13-32)51-48(52-50(53)36-20-19-31-11-5-6-14-33(31)25-36)39-27-37(34-21-23-46-42(29-34)40-15-7-9-17-44(40)54-46)26-38(28-39)35-22-24-47-43(30-35)41-16-8-10-18-45(41)55-47/h2-30,49H,1H3. The monoisotopic (exact) mass is 739 g/mol. The van der Waals surface area contributed by atoms with Crippen molar-refractivity contribution in [1.29, 1.82) is 0 Å². The maximum absolute atomic E-state index is 5.43. The van der Waals surface area contributed by atoms with Crippen LogP contribution in [0.15, 0.2) is 186 Å². The third-order valence-corrected chi connectivity index (χ3v) is 13.2. The lowest BCUT2D eigenvalue weighted by molar-refractivity contribution is 0.383. The van der Waals surface area contributed by atoms with Crippen molar-refractivity contribution in [3.63, 3.8) is 0 Å². The Hall–Kier alpha value is -6.40. The first-order chi connectivity index (χ1) is 27.1. The molecule has 2 aromatic heterocycles. The van der Waals surface area contributed by atoms with Gasteiger partial charge in [0.2, 0.25) is 0 Å². The maximum atomic E-state index is 5.43. The van der Waals surface area contributed by atoms with Gasteiger partial charge in [-0.05, 0) is 99.3 Å². The molecule has 0 fully saturated rings. The number of nitrogens with zero attached hydrogens (tertiary/aromatic N) is 3. The van der Waals surface area contributed by atoms with Crippen LogP contribution in [0.25, 0.3) is 73.4 Å². The van der Waals surface area contributed by atoms with Crippen LogP contribution in [0, 0.1) is 0 Å². The summed E-state index contributed by atoms with van der Waals surface area (Å²) < 4.78 is 5.21. The minimum atomic E-state index is -0.246. The van der Waals surface area contributed by atoms with Gasteiger partial charge in [-0.3, -0.25) is 0 Å². The van der Waals surface area contributed by atoms with Gasteiger partial charge in [-0.2, -0.15) is 0 Å². The Morgan fingerprint density at radius 3 is 1.60 bits per heavy atom. The van der Waals surface area contributed by atoms with E-state index in [1.807, 2.05) is 22.7 Å². The van der Waals surface area contributed by atoms with E-state index >= 15 is 0 Å². The molecular weight excluding hydrogens is 707 g/mol. The van der Waals surface area contributed by atoms with Crippen LogP contribution >= 0.6 is 22.7 Å². The minimum Gasteiger partial charge on any atom is -0.333 e. The zero-order valence-corrected chi connectivity index (χ0v) is 31.6. The predicted molar refractivity (Wildman–Crippen MR) is 237 cm³/mol. The lowest BCUT2D eigenvalue weighted by Crippen LogP contribution is -2.35. The zero-order valence-electron chi connectivity index (χ0n) is 30.0. The first-order valence-corrected chi connectivity index (χ1v) is 20.2. The van der Waals surface area contributed by atoms with Crippen LogP contribution in [0.1, 0.15) is 22.9 Å². The highest BCUT2D eigenvalue weighted by Gasteiger charge is 2.27. The Bertz CT molecular complexity index is 3060. The number of benzene rings is 8. The van der Waals surface area contributed by atoms with Gasteiger partial charge in [0.15, 0.2) is 5.84 Å². The fraction of sp³-hybridized carbons (Fsp3) is 0.0400. The Morgan fingerprint density at radius 2 is 0.945 bits per heavy atom. The second-order valence-electron chi connectivity index (χ2n) is 14.3. The first-order valence-electron chi connectivity index (χ1n) is 18.6. The van der Waals surface area contributed by atoms with E-state index in [1.54, 1.807) is 0 Å². The van der Waals surface area contributed by atoms with Crippen molar-refractivity contribution in [1.82, 2.24) is 4.90 Å². The fourth-order valence-electron chi connectivity index (χ4n) is 8.09. The summed E-state index contributed by atoms with van der Waals surface area (Å²) in [5, 5.41) is 7.56. The van der Waals surface area contributed by atoms with Crippen molar-refractivity contribution in [3.8, 4) is 22.3 Å². The second kappa shape index (κ2) is 12.9. The molecule has 3 heterocycles. The van der Waals surface area contributed by atoms with Crippen LogP contribution in [0.5, 0.6) is 0 Å². The van der Waals surface area contributed by atoms with Gasteiger partial charge in [0.1, 0.15) is 12.0 Å². The zero-order chi connectivity index (χ0) is 36.5. The van der Waals surface area contributed by atoms with Crippen molar-refractivity contribution >= 4 is 85.5 Å². The van der Waals surface area contributed by atoms with Crippen molar-refractivity contribution in [2.75, 3.05) is 7.05 Å². The molecule has 3 nitrogen and oxygen atoms in total. The summed E-state index contributed by atoms with van der Waals surface area (Å²) >= 11 is 3.70. The summed E-state index contributed by atoms with van der Waals surface area (Å²) in [6.07, 6.45) is -0.246. The molecule has 0 aliphatic carbocycles. The summed E-state index contributed by atoms with van der Waals surface area (Å²) in [6.45, 7) is 0. The third kappa shape index (κ3) is 5.55. The molecule has 260 valence electrons. The third-order valence-electron chi connectivity index (χ3n) is 10.9. The molecule has 11 rings (SSSR count). The van der Waals surface area contributed by atoms with Gasteiger partial charge in [0, 0.05) is 58.5 Å². The number of hydrogen-bond donors (Lipinski definition) is 0. The van der Waals surface area contributed by atoms with E-state index in [-0.39, 0.29) is 6.17 Å². The molecule has 10 aromatic rings. The van der Waals surface area contributed by atoms with Crippen molar-refractivity contribution < 1.29 is 0 Å². The summed E-state index contributed by atoms with van der Waals surface area (Å²) in [5.74, 6) is 1.62. The Kier molecular flexibility index (Phi) is 7.51. The molecular formula is C50H33N3S2. The van der Waals surface area contributed by atoms with Crippen molar-refractivity contribution in [2.45, 2.75) is 6.17 Å². The van der Waals surface area contributed by atoms with Gasteiger partial charge in [0.05, 0.1) is 0 Å². The minimum absolute atomic E-state index is 0.246. The molecule has 55 heavy (non-hydrogen) atoms. The number of fused-ring (bicyclic) bond motifs is 7. The maximum Gasteiger partial charge on any atom is 0.159 e. The summed E-state index contributed by atoms with van der Waals surface area (Å²) in [6, 6.07) is 63.8. The number of rotatable bonds is 5. The summed E-state index contributed by atoms with van der Waals surface area (Å²) in [7, 11) is 2.11. The van der Waals surface area contributed by atoms with E-state index in [9.17, 15) is 0 Å². The van der Waals surface area contributed by atoms with Gasteiger partial charge < -0.3 is 4.90 Å². The molecule has 8 aromatic carbocycles. The molecule has 0 spiro atoms. The highest BCUT2D eigenvalue weighted by Crippen LogP contribution is 2.40. The molecule has 1 unspecified atom stereocenters. The highest BCUT2D eigenvalue weighted by atomic mass is 32.1. The fourth-order valence-corrected chi connectivity index (χ4v) is 10.3. The van der Waals surface area contributed by atoms with Crippen molar-refractivity contribution in [2.24, 2.45) is 9.98 Å². The highest BCUT2D eigenvalue weighted by molar-refractivity contribution is 7.26. The molecule has 0 N–H and O–H groups in total. The lowest BCUT2D eigenvalue weighted by Gasteiger charge is -2.32. The van der Waals surface area contributed by atoms with Crippen LogP contribution in [0.3, 0.4) is 0 Å². The van der Waals surface area contributed by atoms with Crippen molar-refractivity contribution in [3.05, 3.63) is 193 Å². The lowest BCUT2D eigenvalue weighted by atomic mass is 9.94. The van der Waals surface area contributed by atoms with E-state index in [1.165, 1.54) is 62.2 Å². The number of thiophene rings is 2. The summed E-state index contributed by atoms with van der Waals surface area (Å²) in [5.41, 5.74) is 7.80. The van der Waals surface area contributed by atoms with E-state index in [4.69, 9.17) is 9.98 Å². The predicted octanol–water partition coefficient (Wildman–Crippen LogP) is 13.7. The van der Waals surface area contributed by atoms with Crippen LogP contribution in [-0.2, 0) is 0 Å². The normalized spacial score (nSPS) is 14.6. The molecule has 1 atom stereocenters. The van der Waals surface area contributed by atoms with Gasteiger partial charge >= 0.3 is 0 Å². The Balaban J connectivity index is 1.13. The average molecular weight is 740 g/mol. The molecule has 1 aliphatic rings. The molecule has 0 amide bonds. The summed E-state index contributed by atoms with van der Waals surface area (Å²) in [4.78, 5) is 13.1. The molecule has 5 heteroatoms. The van der Waals surface area contributed by atoms with Crippen LogP contribution < -0.4 is 0 Å². The number of amidine groups is 2. The molecule has 1 aliphatic heterocycles.